The Hall–Kier alpha value is -1.92. The Bertz CT molecular complexity index is 774. The number of aliphatic hydroxyl groups excluding tert-OH is 1. The van der Waals surface area contributed by atoms with Crippen LogP contribution in [0.4, 0.5) is 0 Å². The van der Waals surface area contributed by atoms with Gasteiger partial charge in [-0.25, -0.2) is 4.98 Å². The topological polar surface area (TPSA) is 67.6 Å². The van der Waals surface area contributed by atoms with Gasteiger partial charge in [0.15, 0.2) is 0 Å². The zero-order valence-electron chi connectivity index (χ0n) is 14.6. The summed E-state index contributed by atoms with van der Waals surface area (Å²) in [5.41, 5.74) is 1.73. The summed E-state index contributed by atoms with van der Waals surface area (Å²) in [4.78, 5) is 19.2. The van der Waals surface area contributed by atoms with Crippen LogP contribution in [-0.4, -0.2) is 56.9 Å². The lowest BCUT2D eigenvalue weighted by molar-refractivity contribution is -0.140. The van der Waals surface area contributed by atoms with Crippen LogP contribution in [-0.2, 0) is 16.1 Å². The number of likely N-dealkylation sites (tertiary alicyclic amines) is 1. The molecule has 0 unspecified atom stereocenters. The van der Waals surface area contributed by atoms with Crippen LogP contribution in [0.25, 0.3) is 11.0 Å². The summed E-state index contributed by atoms with van der Waals surface area (Å²) < 4.78 is 7.85. The van der Waals surface area contributed by atoms with Gasteiger partial charge in [0, 0.05) is 26.6 Å². The standard InChI is InChI=1S/C19H25N3O3/c1-25-19-8-6-14(23)12-17(19)22(11-9-19)18(24)7-10-21-13-20-15-4-2-3-5-16(15)21/h2-5,13-14,17,23H,6-12H2,1H3/t14-,17+,19-/m1/s1. The molecule has 6 nitrogen and oxygen atoms in total. The van der Waals surface area contributed by atoms with Gasteiger partial charge in [0.25, 0.3) is 0 Å². The number of hydrogen-bond acceptors (Lipinski definition) is 4. The minimum atomic E-state index is -0.334. The maximum absolute atomic E-state index is 12.9. The number of aryl methyl sites for hydroxylation is 1. The number of carbonyl (C=O) groups is 1. The minimum absolute atomic E-state index is 0.00622. The zero-order valence-corrected chi connectivity index (χ0v) is 14.6. The summed E-state index contributed by atoms with van der Waals surface area (Å²) in [5, 5.41) is 10.1. The molecule has 2 fully saturated rings. The van der Waals surface area contributed by atoms with E-state index in [1.807, 2.05) is 33.7 Å². The second kappa shape index (κ2) is 6.42. The predicted molar refractivity (Wildman–Crippen MR) is 94.1 cm³/mol. The molecule has 1 aliphatic heterocycles. The Morgan fingerprint density at radius 1 is 1.40 bits per heavy atom. The number of amides is 1. The molecule has 1 aromatic carbocycles. The van der Waals surface area contributed by atoms with Gasteiger partial charge < -0.3 is 19.3 Å². The molecule has 2 aliphatic rings. The molecule has 0 spiro atoms. The van der Waals surface area contributed by atoms with Crippen molar-refractivity contribution in [2.45, 2.75) is 56.4 Å². The van der Waals surface area contributed by atoms with E-state index < -0.39 is 0 Å². The Morgan fingerprint density at radius 3 is 3.08 bits per heavy atom. The largest absolute Gasteiger partial charge is 0.393 e. The normalized spacial score (nSPS) is 29.1. The van der Waals surface area contributed by atoms with Crippen molar-refractivity contribution < 1.29 is 14.6 Å². The Kier molecular flexibility index (Phi) is 4.25. The maximum atomic E-state index is 12.9. The van der Waals surface area contributed by atoms with Crippen molar-refractivity contribution in [2.75, 3.05) is 13.7 Å². The number of fused-ring (bicyclic) bond motifs is 2. The molecule has 0 radical (unpaired) electrons. The Morgan fingerprint density at radius 2 is 2.24 bits per heavy atom. The third kappa shape index (κ3) is 2.83. The molecule has 1 saturated heterocycles. The lowest BCUT2D eigenvalue weighted by Gasteiger charge is -2.42. The third-order valence-corrected chi connectivity index (χ3v) is 5.98. The van der Waals surface area contributed by atoms with E-state index in [4.69, 9.17) is 4.74 Å². The summed E-state index contributed by atoms with van der Waals surface area (Å²) >= 11 is 0. The highest BCUT2D eigenvalue weighted by atomic mass is 16.5. The molecule has 1 saturated carbocycles. The molecular formula is C19H25N3O3. The molecule has 134 valence electrons. The predicted octanol–water partition coefficient (Wildman–Crippen LogP) is 1.96. The minimum Gasteiger partial charge on any atom is -0.393 e. The number of rotatable bonds is 4. The first-order valence-corrected chi connectivity index (χ1v) is 9.05. The first kappa shape index (κ1) is 16.5. The van der Waals surface area contributed by atoms with Gasteiger partial charge in [-0.2, -0.15) is 0 Å². The van der Waals surface area contributed by atoms with E-state index in [-0.39, 0.29) is 23.7 Å². The van der Waals surface area contributed by atoms with Crippen LogP contribution in [0.1, 0.15) is 32.1 Å². The van der Waals surface area contributed by atoms with E-state index >= 15 is 0 Å². The number of methoxy groups -OCH3 is 1. The average Bonchev–Trinajstić information content (AvgIpc) is 3.21. The number of aromatic nitrogens is 2. The summed E-state index contributed by atoms with van der Waals surface area (Å²) in [6, 6.07) is 7.95. The van der Waals surface area contributed by atoms with E-state index in [1.165, 1.54) is 0 Å². The second-order valence-electron chi connectivity index (χ2n) is 7.23. The van der Waals surface area contributed by atoms with E-state index in [2.05, 4.69) is 4.98 Å². The third-order valence-electron chi connectivity index (χ3n) is 5.98. The smallest absolute Gasteiger partial charge is 0.224 e. The van der Waals surface area contributed by atoms with Gasteiger partial charge in [-0.3, -0.25) is 4.79 Å². The number of ether oxygens (including phenoxy) is 1. The summed E-state index contributed by atoms with van der Waals surface area (Å²) in [5.74, 6) is 0.135. The van der Waals surface area contributed by atoms with Crippen LogP contribution in [0.2, 0.25) is 0 Å². The average molecular weight is 343 g/mol. The van der Waals surface area contributed by atoms with E-state index in [9.17, 15) is 9.90 Å². The molecule has 2 heterocycles. The molecule has 1 aliphatic carbocycles. The molecule has 25 heavy (non-hydrogen) atoms. The van der Waals surface area contributed by atoms with Gasteiger partial charge in [-0.05, 0) is 37.8 Å². The van der Waals surface area contributed by atoms with Crippen molar-refractivity contribution in [1.29, 1.82) is 0 Å². The number of benzene rings is 1. The van der Waals surface area contributed by atoms with Crippen molar-refractivity contribution in [3.05, 3.63) is 30.6 Å². The molecule has 1 N–H and O–H groups in total. The van der Waals surface area contributed by atoms with Crippen LogP contribution >= 0.6 is 0 Å². The maximum Gasteiger partial charge on any atom is 0.224 e. The Balaban J connectivity index is 1.46. The van der Waals surface area contributed by atoms with Gasteiger partial charge in [0.05, 0.1) is 35.1 Å². The highest BCUT2D eigenvalue weighted by Gasteiger charge is 2.52. The van der Waals surface area contributed by atoms with Crippen LogP contribution in [0.3, 0.4) is 0 Å². The van der Waals surface area contributed by atoms with E-state index in [0.717, 1.165) is 36.8 Å². The number of para-hydroxylation sites is 2. The SMILES string of the molecule is CO[C@@]12CC[C@@H](O)C[C@@H]1N(C(=O)CCn1cnc3ccccc31)CC2. The number of aliphatic hydroxyl groups is 1. The van der Waals surface area contributed by atoms with E-state index in [1.54, 1.807) is 13.4 Å². The first-order chi connectivity index (χ1) is 12.1. The molecule has 2 aromatic rings. The van der Waals surface area contributed by atoms with Gasteiger partial charge in [0.2, 0.25) is 5.91 Å². The molecular weight excluding hydrogens is 318 g/mol. The fourth-order valence-corrected chi connectivity index (χ4v) is 4.52. The quantitative estimate of drug-likeness (QED) is 0.921. The molecule has 3 atom stereocenters. The number of nitrogens with zero attached hydrogens (tertiary/aromatic N) is 3. The van der Waals surface area contributed by atoms with Crippen LogP contribution in [0.15, 0.2) is 30.6 Å². The molecule has 0 bridgehead atoms. The Labute approximate surface area is 147 Å². The zero-order chi connectivity index (χ0) is 17.4. The lowest BCUT2D eigenvalue weighted by atomic mass is 9.79. The highest BCUT2D eigenvalue weighted by Crippen LogP contribution is 2.42. The van der Waals surface area contributed by atoms with Crippen molar-refractivity contribution in [2.24, 2.45) is 0 Å². The van der Waals surface area contributed by atoms with Gasteiger partial charge in [-0.1, -0.05) is 12.1 Å². The number of carbonyl (C=O) groups excluding carboxylic acids is 1. The summed E-state index contributed by atoms with van der Waals surface area (Å²) in [6.45, 7) is 1.33. The molecule has 6 heteroatoms. The number of hydrogen-bond donors (Lipinski definition) is 1. The van der Waals surface area contributed by atoms with Crippen molar-refractivity contribution >= 4 is 16.9 Å². The van der Waals surface area contributed by atoms with Crippen LogP contribution in [0, 0.1) is 0 Å². The van der Waals surface area contributed by atoms with Crippen LogP contribution < -0.4 is 0 Å². The molecule has 1 aromatic heterocycles. The van der Waals surface area contributed by atoms with Crippen molar-refractivity contribution in [3.63, 3.8) is 0 Å². The molecule has 4 rings (SSSR count). The highest BCUT2D eigenvalue weighted by molar-refractivity contribution is 5.78. The monoisotopic (exact) mass is 343 g/mol. The van der Waals surface area contributed by atoms with Gasteiger partial charge in [0.1, 0.15) is 0 Å². The number of imidazole rings is 1. The van der Waals surface area contributed by atoms with Crippen molar-refractivity contribution in [1.82, 2.24) is 14.5 Å². The molecule has 1 amide bonds. The summed E-state index contributed by atoms with van der Waals surface area (Å²) in [7, 11) is 1.73. The second-order valence-corrected chi connectivity index (χ2v) is 7.23. The van der Waals surface area contributed by atoms with Crippen LogP contribution in [0.5, 0.6) is 0 Å². The fraction of sp³-hybridized carbons (Fsp3) is 0.579. The van der Waals surface area contributed by atoms with Gasteiger partial charge >= 0.3 is 0 Å². The van der Waals surface area contributed by atoms with Crippen molar-refractivity contribution in [3.8, 4) is 0 Å². The van der Waals surface area contributed by atoms with Gasteiger partial charge in [-0.15, -0.1) is 0 Å². The summed E-state index contributed by atoms with van der Waals surface area (Å²) in [6.07, 6.45) is 4.96. The first-order valence-electron chi connectivity index (χ1n) is 9.05. The fourth-order valence-electron chi connectivity index (χ4n) is 4.52. The van der Waals surface area contributed by atoms with E-state index in [0.29, 0.717) is 19.4 Å². The lowest BCUT2D eigenvalue weighted by Crippen LogP contribution is -2.52.